The lowest BCUT2D eigenvalue weighted by atomic mass is 10.2. The van der Waals surface area contributed by atoms with Crippen LogP contribution in [0.15, 0.2) is 42.5 Å². The van der Waals surface area contributed by atoms with Gasteiger partial charge in [-0.25, -0.2) is 4.98 Å². The van der Waals surface area contributed by atoms with Crippen molar-refractivity contribution in [3.8, 4) is 0 Å². The van der Waals surface area contributed by atoms with Gasteiger partial charge in [0, 0.05) is 11.6 Å². The van der Waals surface area contributed by atoms with Crippen LogP contribution in [0.1, 0.15) is 11.1 Å². The van der Waals surface area contributed by atoms with Gasteiger partial charge in [0.15, 0.2) is 5.13 Å². The molecular formula is C15H13ClN2S. The Morgan fingerprint density at radius 2 is 1.95 bits per heavy atom. The van der Waals surface area contributed by atoms with Crippen molar-refractivity contribution in [2.75, 3.05) is 5.32 Å². The number of hydrogen-bond acceptors (Lipinski definition) is 3. The fraction of sp³-hybridized carbons (Fsp3) is 0.133. The summed E-state index contributed by atoms with van der Waals surface area (Å²) in [5.41, 5.74) is 3.49. The quantitative estimate of drug-likeness (QED) is 0.744. The van der Waals surface area contributed by atoms with Crippen LogP contribution in [-0.4, -0.2) is 4.98 Å². The highest BCUT2D eigenvalue weighted by Gasteiger charge is 2.03. The molecule has 0 aliphatic carbocycles. The topological polar surface area (TPSA) is 24.9 Å². The zero-order valence-corrected chi connectivity index (χ0v) is 12.1. The molecule has 2 aromatic carbocycles. The molecule has 0 amide bonds. The fourth-order valence-corrected chi connectivity index (χ4v) is 2.86. The Balaban J connectivity index is 1.76. The van der Waals surface area contributed by atoms with Crippen LogP contribution in [0.2, 0.25) is 5.02 Å². The molecule has 0 spiro atoms. The Morgan fingerprint density at radius 3 is 2.74 bits per heavy atom. The van der Waals surface area contributed by atoms with Crippen molar-refractivity contribution in [1.82, 2.24) is 4.98 Å². The first kappa shape index (κ1) is 12.5. The number of thiazole rings is 1. The van der Waals surface area contributed by atoms with Gasteiger partial charge >= 0.3 is 0 Å². The monoisotopic (exact) mass is 288 g/mol. The Labute approximate surface area is 121 Å². The second kappa shape index (κ2) is 5.19. The molecule has 0 fully saturated rings. The lowest BCUT2D eigenvalue weighted by Crippen LogP contribution is -1.98. The third-order valence-corrected chi connectivity index (χ3v) is 4.15. The van der Waals surface area contributed by atoms with E-state index < -0.39 is 0 Å². The number of nitrogens with one attached hydrogen (secondary N) is 1. The third-order valence-electron chi connectivity index (χ3n) is 2.90. The van der Waals surface area contributed by atoms with Gasteiger partial charge in [-0.3, -0.25) is 0 Å². The lowest BCUT2D eigenvalue weighted by Gasteiger charge is -2.02. The van der Waals surface area contributed by atoms with Gasteiger partial charge in [-0.2, -0.15) is 0 Å². The van der Waals surface area contributed by atoms with Gasteiger partial charge in [0.2, 0.25) is 0 Å². The lowest BCUT2D eigenvalue weighted by molar-refractivity contribution is 1.14. The summed E-state index contributed by atoms with van der Waals surface area (Å²) in [6, 6.07) is 14.2. The fourth-order valence-electron chi connectivity index (χ4n) is 1.89. The zero-order chi connectivity index (χ0) is 13.2. The summed E-state index contributed by atoms with van der Waals surface area (Å²) >= 11 is 7.55. The van der Waals surface area contributed by atoms with Crippen molar-refractivity contribution in [2.45, 2.75) is 13.5 Å². The van der Waals surface area contributed by atoms with Crippen LogP contribution in [0.3, 0.4) is 0 Å². The van der Waals surface area contributed by atoms with Crippen molar-refractivity contribution >= 4 is 38.3 Å². The minimum atomic E-state index is 0.760. The van der Waals surface area contributed by atoms with E-state index in [1.807, 2.05) is 24.3 Å². The van der Waals surface area contributed by atoms with Gasteiger partial charge in [-0.15, -0.1) is 0 Å². The van der Waals surface area contributed by atoms with Crippen LogP contribution in [0, 0.1) is 6.92 Å². The smallest absolute Gasteiger partial charge is 0.184 e. The van der Waals surface area contributed by atoms with Gasteiger partial charge in [-0.05, 0) is 42.3 Å². The Kier molecular flexibility index (Phi) is 3.40. The van der Waals surface area contributed by atoms with Crippen molar-refractivity contribution < 1.29 is 0 Å². The molecule has 3 aromatic rings. The molecule has 3 rings (SSSR count). The Hall–Kier alpha value is -1.58. The summed E-state index contributed by atoms with van der Waals surface area (Å²) in [6.45, 7) is 2.84. The van der Waals surface area contributed by atoms with Crippen LogP contribution < -0.4 is 5.32 Å². The molecule has 0 unspecified atom stereocenters. The first-order valence-electron chi connectivity index (χ1n) is 6.06. The maximum absolute atomic E-state index is 5.87. The van der Waals surface area contributed by atoms with E-state index in [1.54, 1.807) is 11.3 Å². The number of benzene rings is 2. The SMILES string of the molecule is Cc1ccc2sc(NCc3ccc(Cl)cc3)nc2c1. The van der Waals surface area contributed by atoms with E-state index in [4.69, 9.17) is 11.6 Å². The number of nitrogens with zero attached hydrogens (tertiary/aromatic N) is 1. The number of halogens is 1. The molecule has 0 atom stereocenters. The summed E-state index contributed by atoms with van der Waals surface area (Å²) < 4.78 is 1.21. The van der Waals surface area contributed by atoms with Gasteiger partial charge in [0.25, 0.3) is 0 Å². The molecule has 1 aromatic heterocycles. The van der Waals surface area contributed by atoms with Crippen molar-refractivity contribution in [2.24, 2.45) is 0 Å². The van der Waals surface area contributed by atoms with Gasteiger partial charge in [0.05, 0.1) is 10.2 Å². The molecule has 96 valence electrons. The number of aryl methyl sites for hydroxylation is 1. The van der Waals surface area contributed by atoms with Gasteiger partial charge < -0.3 is 5.32 Å². The molecule has 19 heavy (non-hydrogen) atoms. The summed E-state index contributed by atoms with van der Waals surface area (Å²) in [5, 5.41) is 5.07. The maximum Gasteiger partial charge on any atom is 0.184 e. The predicted octanol–water partition coefficient (Wildman–Crippen LogP) is 4.87. The molecule has 1 heterocycles. The minimum Gasteiger partial charge on any atom is -0.357 e. The largest absolute Gasteiger partial charge is 0.357 e. The number of aromatic nitrogens is 1. The Morgan fingerprint density at radius 1 is 1.16 bits per heavy atom. The molecule has 0 saturated carbocycles. The normalized spacial score (nSPS) is 10.8. The first-order chi connectivity index (χ1) is 9.20. The number of rotatable bonds is 3. The average Bonchev–Trinajstić information content (AvgIpc) is 2.80. The molecule has 0 bridgehead atoms. The van der Waals surface area contributed by atoms with E-state index in [-0.39, 0.29) is 0 Å². The summed E-state index contributed by atoms with van der Waals surface area (Å²) in [5.74, 6) is 0. The molecular weight excluding hydrogens is 276 g/mol. The number of anilines is 1. The molecule has 0 saturated heterocycles. The average molecular weight is 289 g/mol. The highest BCUT2D eigenvalue weighted by Crippen LogP contribution is 2.26. The molecule has 4 heteroatoms. The molecule has 0 radical (unpaired) electrons. The van der Waals surface area contributed by atoms with E-state index >= 15 is 0 Å². The van der Waals surface area contributed by atoms with Crippen molar-refractivity contribution in [3.05, 3.63) is 58.6 Å². The Bertz CT molecular complexity index is 704. The second-order valence-corrected chi connectivity index (χ2v) is 5.94. The molecule has 0 aliphatic heterocycles. The van der Waals surface area contributed by atoms with E-state index in [0.717, 1.165) is 22.2 Å². The first-order valence-corrected chi connectivity index (χ1v) is 7.26. The maximum atomic E-state index is 5.87. The molecule has 0 aliphatic rings. The predicted molar refractivity (Wildman–Crippen MR) is 83.1 cm³/mol. The van der Waals surface area contributed by atoms with Crippen LogP contribution in [0.25, 0.3) is 10.2 Å². The zero-order valence-electron chi connectivity index (χ0n) is 10.5. The number of fused-ring (bicyclic) bond motifs is 1. The summed E-state index contributed by atoms with van der Waals surface area (Å²) in [6.07, 6.45) is 0. The standard InChI is InChI=1S/C15H13ClN2S/c1-10-2-7-14-13(8-10)18-15(19-14)17-9-11-3-5-12(16)6-4-11/h2-8H,9H2,1H3,(H,17,18). The molecule has 2 nitrogen and oxygen atoms in total. The van der Waals surface area contributed by atoms with E-state index in [2.05, 4.69) is 35.4 Å². The van der Waals surface area contributed by atoms with E-state index in [9.17, 15) is 0 Å². The summed E-state index contributed by atoms with van der Waals surface area (Å²) in [4.78, 5) is 4.59. The van der Waals surface area contributed by atoms with Crippen molar-refractivity contribution in [1.29, 1.82) is 0 Å². The highest BCUT2D eigenvalue weighted by molar-refractivity contribution is 7.22. The molecule has 1 N–H and O–H groups in total. The summed E-state index contributed by atoms with van der Waals surface area (Å²) in [7, 11) is 0. The van der Waals surface area contributed by atoms with Crippen molar-refractivity contribution in [3.63, 3.8) is 0 Å². The van der Waals surface area contributed by atoms with E-state index in [0.29, 0.717) is 0 Å². The van der Waals surface area contributed by atoms with Crippen LogP contribution >= 0.6 is 22.9 Å². The highest BCUT2D eigenvalue weighted by atomic mass is 35.5. The minimum absolute atomic E-state index is 0.760. The number of hydrogen-bond donors (Lipinski definition) is 1. The second-order valence-electron chi connectivity index (χ2n) is 4.47. The third kappa shape index (κ3) is 2.88. The van der Waals surface area contributed by atoms with E-state index in [1.165, 1.54) is 15.8 Å². The van der Waals surface area contributed by atoms with Crippen LogP contribution in [0.5, 0.6) is 0 Å². The van der Waals surface area contributed by atoms with Gasteiger partial charge in [-0.1, -0.05) is 41.1 Å². The van der Waals surface area contributed by atoms with Crippen LogP contribution in [-0.2, 0) is 6.54 Å². The van der Waals surface area contributed by atoms with Gasteiger partial charge in [0.1, 0.15) is 0 Å². The van der Waals surface area contributed by atoms with Crippen LogP contribution in [0.4, 0.5) is 5.13 Å².